The molecule has 59 heavy (non-hydrogen) atoms. The number of aliphatic hydroxyl groups is 1. The van der Waals surface area contributed by atoms with Crippen molar-refractivity contribution in [3.05, 3.63) is 63.6 Å². The largest absolute Gasteiger partial charge is 0.465 e. The van der Waals surface area contributed by atoms with Gasteiger partial charge in [0.25, 0.3) is 0 Å². The number of methoxy groups -OCH3 is 1. The molecule has 0 bridgehead atoms. The van der Waals surface area contributed by atoms with Crippen molar-refractivity contribution in [1.29, 1.82) is 0 Å². The van der Waals surface area contributed by atoms with Crippen molar-refractivity contribution in [1.82, 2.24) is 14.7 Å². The van der Waals surface area contributed by atoms with E-state index in [2.05, 4.69) is 10.2 Å². The molecule has 3 N–H and O–H groups in total. The van der Waals surface area contributed by atoms with Crippen molar-refractivity contribution in [3.63, 3.8) is 0 Å². The van der Waals surface area contributed by atoms with Crippen LogP contribution in [0, 0.1) is 0 Å². The van der Waals surface area contributed by atoms with Gasteiger partial charge in [0.2, 0.25) is 11.8 Å². The summed E-state index contributed by atoms with van der Waals surface area (Å²) in [5.41, 5.74) is 0.761. The summed E-state index contributed by atoms with van der Waals surface area (Å²) in [6.07, 6.45) is -0.147. The molecule has 0 radical (unpaired) electrons. The van der Waals surface area contributed by atoms with Gasteiger partial charge in [0, 0.05) is 46.0 Å². The minimum absolute atomic E-state index is 0.00854. The van der Waals surface area contributed by atoms with Gasteiger partial charge in [0.15, 0.2) is 0 Å². The predicted molar refractivity (Wildman–Crippen MR) is 221 cm³/mol. The summed E-state index contributed by atoms with van der Waals surface area (Å²) in [5, 5.41) is 24.0. The number of halogens is 2. The van der Waals surface area contributed by atoms with Gasteiger partial charge in [-0.1, -0.05) is 41.4 Å². The molecule has 2 atom stereocenters. The second-order valence-corrected chi connectivity index (χ2v) is 15.2. The molecule has 1 aliphatic heterocycles. The van der Waals surface area contributed by atoms with Crippen LogP contribution in [0.1, 0.15) is 36.4 Å². The normalized spacial score (nSPS) is 16.5. The van der Waals surface area contributed by atoms with Gasteiger partial charge in [-0.05, 0) is 54.7 Å². The second kappa shape index (κ2) is 26.3. The fourth-order valence-corrected chi connectivity index (χ4v) is 6.92. The van der Waals surface area contributed by atoms with Crippen molar-refractivity contribution in [3.8, 4) is 0 Å². The number of nitrogens with zero attached hydrogens (tertiary/aromatic N) is 3. The number of likely N-dealkylation sites (N-methyl/N-ethyl adjacent to an activating group) is 1. The first kappa shape index (κ1) is 48.5. The topological polar surface area (TPSA) is 178 Å². The lowest BCUT2D eigenvalue weighted by molar-refractivity contribution is -0.131. The minimum atomic E-state index is -1.22. The third-order valence-electron chi connectivity index (χ3n) is 10.1. The highest BCUT2D eigenvalue weighted by atomic mass is 35.5. The molecule has 1 saturated heterocycles. The van der Waals surface area contributed by atoms with E-state index in [1.54, 1.807) is 49.4 Å². The lowest BCUT2D eigenvalue weighted by Gasteiger charge is -2.33. The van der Waals surface area contributed by atoms with Crippen LogP contribution in [-0.4, -0.2) is 181 Å². The first-order valence-corrected chi connectivity index (χ1v) is 20.8. The number of hydrogen-bond donors (Lipinski definition) is 3. The van der Waals surface area contributed by atoms with E-state index in [-0.39, 0.29) is 32.1 Å². The summed E-state index contributed by atoms with van der Waals surface area (Å²) in [6.45, 7) is 6.99. The number of benzene rings is 2. The Morgan fingerprint density at radius 1 is 0.831 bits per heavy atom. The Balaban J connectivity index is 1.18. The molecule has 0 unspecified atom stereocenters. The molecule has 2 fully saturated rings. The van der Waals surface area contributed by atoms with Gasteiger partial charge in [-0.2, -0.15) is 0 Å². The number of carboxylic acid groups (broad SMARTS) is 1. The molecule has 2 aromatic carbocycles. The molecular formula is C41H60Cl2N4O12. The Kier molecular flexibility index (Phi) is 21.6. The van der Waals surface area contributed by atoms with Gasteiger partial charge in [0.1, 0.15) is 5.54 Å². The number of β-amino-alcohol motifs (C(OH)–C–C–N with tert-alkyl or cyclic N) is 1. The third kappa shape index (κ3) is 16.7. The maximum absolute atomic E-state index is 13.7. The summed E-state index contributed by atoms with van der Waals surface area (Å²) in [6, 6.07) is 11.9. The Morgan fingerprint density at radius 2 is 1.41 bits per heavy atom. The predicted octanol–water partition coefficient (Wildman–Crippen LogP) is 4.00. The average Bonchev–Trinajstić information content (AvgIpc) is 3.92. The first-order valence-electron chi connectivity index (χ1n) is 20.0. The lowest BCUT2D eigenvalue weighted by atomic mass is 10.0. The number of carbonyl (C=O) groups excluding carboxylic acids is 2. The molecule has 2 aromatic rings. The molecule has 0 aromatic heterocycles. The van der Waals surface area contributed by atoms with E-state index >= 15 is 0 Å². The van der Waals surface area contributed by atoms with E-state index in [0.717, 1.165) is 16.0 Å². The summed E-state index contributed by atoms with van der Waals surface area (Å²) >= 11 is 12.3. The maximum atomic E-state index is 13.7. The molecule has 1 saturated carbocycles. The first-order chi connectivity index (χ1) is 28.5. The van der Waals surface area contributed by atoms with E-state index in [0.29, 0.717) is 127 Å². The van der Waals surface area contributed by atoms with Crippen molar-refractivity contribution in [2.45, 2.75) is 43.4 Å². The summed E-state index contributed by atoms with van der Waals surface area (Å²) in [7, 11) is 3.36. The van der Waals surface area contributed by atoms with Crippen LogP contribution < -0.4 is 5.32 Å². The molecule has 4 rings (SSSR count). The number of nitrogens with one attached hydrogen (secondary N) is 1. The number of ether oxygens (including phenoxy) is 7. The monoisotopic (exact) mass is 870 g/mol. The van der Waals surface area contributed by atoms with Gasteiger partial charge in [-0.3, -0.25) is 19.4 Å². The van der Waals surface area contributed by atoms with Crippen LogP contribution in [0.15, 0.2) is 42.5 Å². The average molecular weight is 872 g/mol. The number of likely N-dealkylation sites (tertiary alicyclic amines) is 1. The summed E-state index contributed by atoms with van der Waals surface area (Å²) in [4.78, 5) is 44.6. The number of carbonyl (C=O) groups is 3. The Labute approximate surface area is 356 Å². The number of amides is 3. The zero-order valence-corrected chi connectivity index (χ0v) is 35.6. The van der Waals surface area contributed by atoms with Crippen molar-refractivity contribution >= 4 is 46.8 Å². The Hall–Kier alpha value is -3.13. The molecule has 1 aliphatic carbocycles. The molecule has 16 nitrogen and oxygen atoms in total. The number of hydrogen-bond acceptors (Lipinski definition) is 12. The van der Waals surface area contributed by atoms with Crippen LogP contribution in [0.2, 0.25) is 10.0 Å². The Bertz CT molecular complexity index is 1590. The highest BCUT2D eigenvalue weighted by Crippen LogP contribution is 2.43. The molecule has 2 aliphatic rings. The third-order valence-corrected chi connectivity index (χ3v) is 10.8. The minimum Gasteiger partial charge on any atom is -0.465 e. The zero-order chi connectivity index (χ0) is 42.5. The van der Waals surface area contributed by atoms with E-state index < -0.39 is 29.7 Å². The standard InChI is InChI=1S/C41H60Cl2N4O12/c1-45(38(49)27-31-6-7-35(42)36(43)26-31)37(30-46-11-8-34(48)29-46)32-4-3-5-33(28-32)44-39(50)41(9-10-41)47(40(51)52)12-13-54-16-17-56-20-21-58-24-25-59-23-22-57-19-18-55-15-14-53-2/h3-7,26,28,34,37,48H,8-25,27,29-30H2,1-2H3,(H,44,50)(H,51,52)/t34-,37+/m0/s1. The molecule has 330 valence electrons. The van der Waals surface area contributed by atoms with Crippen LogP contribution in [0.4, 0.5) is 10.5 Å². The van der Waals surface area contributed by atoms with E-state index in [9.17, 15) is 24.6 Å². The van der Waals surface area contributed by atoms with E-state index in [1.807, 2.05) is 12.1 Å². The quantitative estimate of drug-likeness (QED) is 0.0962. The maximum Gasteiger partial charge on any atom is 0.408 e. The molecular weight excluding hydrogens is 811 g/mol. The summed E-state index contributed by atoms with van der Waals surface area (Å²) in [5.74, 6) is -0.576. The molecule has 0 spiro atoms. The van der Waals surface area contributed by atoms with E-state index in [1.165, 1.54) is 0 Å². The van der Waals surface area contributed by atoms with Gasteiger partial charge >= 0.3 is 6.09 Å². The van der Waals surface area contributed by atoms with Crippen LogP contribution >= 0.6 is 23.2 Å². The van der Waals surface area contributed by atoms with Crippen molar-refractivity contribution in [2.24, 2.45) is 0 Å². The highest BCUT2D eigenvalue weighted by Gasteiger charge is 2.56. The van der Waals surface area contributed by atoms with Gasteiger partial charge < -0.3 is 53.6 Å². The number of rotatable bonds is 30. The molecule has 18 heteroatoms. The fourth-order valence-electron chi connectivity index (χ4n) is 6.60. The highest BCUT2D eigenvalue weighted by molar-refractivity contribution is 6.42. The number of aliphatic hydroxyl groups excluding tert-OH is 1. The smallest absolute Gasteiger partial charge is 0.408 e. The van der Waals surface area contributed by atoms with Crippen LogP contribution in [0.3, 0.4) is 0 Å². The fraction of sp³-hybridized carbons (Fsp3) is 0.634. The SMILES string of the molecule is COCCOCCOCCOCCOCCOCCOCCN(C(=O)O)C1(C(=O)Nc2cccc([C@@H](CN3CC[C@H](O)C3)N(C)C(=O)Cc3ccc(Cl)c(Cl)c3)c2)CC1. The number of anilines is 1. The van der Waals surface area contributed by atoms with Crippen LogP contribution in [0.5, 0.6) is 0 Å². The van der Waals surface area contributed by atoms with Gasteiger partial charge in [-0.15, -0.1) is 0 Å². The van der Waals surface area contributed by atoms with Gasteiger partial charge in [-0.25, -0.2) is 4.79 Å². The van der Waals surface area contributed by atoms with Crippen molar-refractivity contribution in [2.75, 3.05) is 132 Å². The molecule has 3 amide bonds. The molecule has 1 heterocycles. The van der Waals surface area contributed by atoms with Crippen LogP contribution in [0.25, 0.3) is 0 Å². The Morgan fingerprint density at radius 3 is 1.92 bits per heavy atom. The summed E-state index contributed by atoms with van der Waals surface area (Å²) < 4.78 is 37.8. The lowest BCUT2D eigenvalue weighted by Crippen LogP contribution is -2.50. The van der Waals surface area contributed by atoms with Crippen molar-refractivity contribution < 1.29 is 57.8 Å². The zero-order valence-electron chi connectivity index (χ0n) is 34.1. The van der Waals surface area contributed by atoms with E-state index in [4.69, 9.17) is 56.4 Å². The second-order valence-electron chi connectivity index (χ2n) is 14.4. The van der Waals surface area contributed by atoms with Crippen LogP contribution in [-0.2, 0) is 49.2 Å². The van der Waals surface area contributed by atoms with Gasteiger partial charge in [0.05, 0.1) is 115 Å².